The fourth-order valence-corrected chi connectivity index (χ4v) is 6.23. The van der Waals surface area contributed by atoms with Crippen LogP contribution in [0.2, 0.25) is 0 Å². The average Bonchev–Trinajstić information content (AvgIpc) is 3.03. The van der Waals surface area contributed by atoms with E-state index in [0.29, 0.717) is 36.7 Å². The molecule has 0 spiro atoms. The van der Waals surface area contributed by atoms with Crippen molar-refractivity contribution in [1.29, 1.82) is 0 Å². The molecule has 4 atom stereocenters. The van der Waals surface area contributed by atoms with Crippen molar-refractivity contribution in [1.82, 2.24) is 20.1 Å². The standard InChI is InChI=1S/C35H53N5O5/c1-25-21-40(26(2)24-41)34(42)31-20-30(38-35(43)37-29-11-6-5-7-12-29)13-14-32(31)45-27(3)10-8-9-19-44-33(25)23-39(4)22-28-15-17-36-18-16-28/h13-18,20,25-27,29,33,41H,5-12,19,21-24H2,1-4H3,(H2,37,38,43)/t25-,26-,27+,33+/m1/s1. The second-order valence-electron chi connectivity index (χ2n) is 13.0. The van der Waals surface area contributed by atoms with E-state index in [4.69, 9.17) is 9.47 Å². The van der Waals surface area contributed by atoms with Crippen molar-refractivity contribution in [3.8, 4) is 5.75 Å². The molecule has 10 heteroatoms. The summed E-state index contributed by atoms with van der Waals surface area (Å²) in [5, 5.41) is 16.2. The first-order chi connectivity index (χ1) is 21.7. The van der Waals surface area contributed by atoms with E-state index in [2.05, 4.69) is 34.5 Å². The van der Waals surface area contributed by atoms with Crippen molar-refractivity contribution >= 4 is 17.6 Å². The summed E-state index contributed by atoms with van der Waals surface area (Å²) in [6, 6.07) is 8.76. The first kappa shape index (κ1) is 34.7. The average molecular weight is 624 g/mol. The number of aromatic nitrogens is 1. The van der Waals surface area contributed by atoms with Crippen LogP contribution in [0.5, 0.6) is 5.75 Å². The zero-order valence-electron chi connectivity index (χ0n) is 27.5. The number of fused-ring (bicyclic) bond motifs is 1. The highest BCUT2D eigenvalue weighted by atomic mass is 16.5. The van der Waals surface area contributed by atoms with Crippen LogP contribution in [0, 0.1) is 5.92 Å². The third-order valence-electron chi connectivity index (χ3n) is 8.94. The molecule has 2 aliphatic rings. The maximum absolute atomic E-state index is 14.3. The summed E-state index contributed by atoms with van der Waals surface area (Å²) in [5.74, 6) is 0.218. The highest BCUT2D eigenvalue weighted by molar-refractivity contribution is 5.99. The van der Waals surface area contributed by atoms with Crippen molar-refractivity contribution < 1.29 is 24.2 Å². The molecule has 0 unspecified atom stereocenters. The van der Waals surface area contributed by atoms with Gasteiger partial charge < -0.3 is 30.1 Å². The maximum Gasteiger partial charge on any atom is 0.319 e. The number of hydrogen-bond acceptors (Lipinski definition) is 7. The molecular weight excluding hydrogens is 570 g/mol. The molecule has 4 rings (SSSR count). The van der Waals surface area contributed by atoms with E-state index in [1.165, 1.54) is 12.0 Å². The van der Waals surface area contributed by atoms with E-state index < -0.39 is 6.04 Å². The molecule has 0 bridgehead atoms. The first-order valence-electron chi connectivity index (χ1n) is 16.7. The molecule has 0 radical (unpaired) electrons. The molecule has 3 N–H and O–H groups in total. The van der Waals surface area contributed by atoms with E-state index in [1.807, 2.05) is 26.0 Å². The molecule has 2 aromatic rings. The lowest BCUT2D eigenvalue weighted by atomic mass is 9.96. The van der Waals surface area contributed by atoms with Gasteiger partial charge in [-0.1, -0.05) is 26.2 Å². The molecule has 10 nitrogen and oxygen atoms in total. The van der Waals surface area contributed by atoms with Crippen molar-refractivity contribution in [2.24, 2.45) is 5.92 Å². The zero-order valence-corrected chi connectivity index (χ0v) is 27.5. The number of anilines is 1. The fraction of sp³-hybridized carbons (Fsp3) is 0.629. The Morgan fingerprint density at radius 1 is 1.09 bits per heavy atom. The lowest BCUT2D eigenvalue weighted by Gasteiger charge is -2.36. The summed E-state index contributed by atoms with van der Waals surface area (Å²) in [6.07, 6.45) is 11.5. The molecule has 1 saturated carbocycles. The smallest absolute Gasteiger partial charge is 0.319 e. The normalized spacial score (nSPS) is 23.0. The van der Waals surface area contributed by atoms with Crippen LogP contribution in [0.25, 0.3) is 0 Å². The predicted octanol–water partition coefficient (Wildman–Crippen LogP) is 5.46. The Bertz CT molecular complexity index is 1210. The summed E-state index contributed by atoms with van der Waals surface area (Å²) in [6.45, 7) is 8.26. The number of aliphatic hydroxyl groups excluding tert-OH is 1. The molecule has 1 aromatic heterocycles. The summed E-state index contributed by atoms with van der Waals surface area (Å²) < 4.78 is 12.8. The van der Waals surface area contributed by atoms with E-state index in [-0.39, 0.29) is 42.7 Å². The number of nitrogens with one attached hydrogen (secondary N) is 2. The van der Waals surface area contributed by atoms with Gasteiger partial charge in [-0.05, 0) is 88.9 Å². The lowest BCUT2D eigenvalue weighted by molar-refractivity contribution is -0.0177. The Morgan fingerprint density at radius 2 is 1.82 bits per heavy atom. The van der Waals surface area contributed by atoms with Crippen molar-refractivity contribution in [3.63, 3.8) is 0 Å². The van der Waals surface area contributed by atoms with Crippen LogP contribution in [0.3, 0.4) is 0 Å². The molecule has 248 valence electrons. The third kappa shape index (κ3) is 10.7. The third-order valence-corrected chi connectivity index (χ3v) is 8.94. The summed E-state index contributed by atoms with van der Waals surface area (Å²) in [7, 11) is 2.08. The largest absolute Gasteiger partial charge is 0.490 e. The maximum atomic E-state index is 14.3. The number of hydrogen-bond donors (Lipinski definition) is 3. The van der Waals surface area contributed by atoms with Crippen molar-refractivity contribution in [2.75, 3.05) is 38.7 Å². The minimum absolute atomic E-state index is 0.0170. The Hall–Kier alpha value is -3.21. The van der Waals surface area contributed by atoms with Crippen LogP contribution < -0.4 is 15.4 Å². The Kier molecular flexibility index (Phi) is 13.5. The number of carbonyl (C=O) groups excluding carboxylic acids is 2. The summed E-state index contributed by atoms with van der Waals surface area (Å²) in [5.41, 5.74) is 2.07. The number of benzene rings is 1. The Balaban J connectivity index is 1.56. The molecular formula is C35H53N5O5. The number of ether oxygens (including phenoxy) is 2. The van der Waals surface area contributed by atoms with Crippen molar-refractivity contribution in [3.05, 3.63) is 53.9 Å². The minimum atomic E-state index is -0.431. The highest BCUT2D eigenvalue weighted by Crippen LogP contribution is 2.29. The van der Waals surface area contributed by atoms with Crippen LogP contribution in [-0.2, 0) is 11.3 Å². The van der Waals surface area contributed by atoms with Crippen LogP contribution in [0.4, 0.5) is 10.5 Å². The van der Waals surface area contributed by atoms with Crippen LogP contribution >= 0.6 is 0 Å². The second kappa shape index (κ2) is 17.5. The van der Waals surface area contributed by atoms with Gasteiger partial charge in [0, 0.05) is 56.3 Å². The fourth-order valence-electron chi connectivity index (χ4n) is 6.23. The minimum Gasteiger partial charge on any atom is -0.490 e. The monoisotopic (exact) mass is 623 g/mol. The van der Waals surface area contributed by atoms with E-state index in [9.17, 15) is 14.7 Å². The number of nitrogens with zero attached hydrogens (tertiary/aromatic N) is 3. The van der Waals surface area contributed by atoms with E-state index in [0.717, 1.165) is 51.5 Å². The van der Waals surface area contributed by atoms with Crippen LogP contribution in [0.15, 0.2) is 42.7 Å². The molecule has 1 aliphatic heterocycles. The molecule has 3 amide bonds. The van der Waals surface area contributed by atoms with Gasteiger partial charge in [0.15, 0.2) is 0 Å². The number of likely N-dealkylation sites (N-methyl/N-ethyl adjacent to an activating group) is 1. The van der Waals surface area contributed by atoms with Crippen molar-refractivity contribution in [2.45, 2.75) is 103 Å². The van der Waals surface area contributed by atoms with Gasteiger partial charge in [0.05, 0.1) is 30.4 Å². The lowest BCUT2D eigenvalue weighted by Crippen LogP contribution is -2.47. The first-order valence-corrected chi connectivity index (χ1v) is 16.7. The molecule has 1 fully saturated rings. The number of urea groups is 1. The summed E-state index contributed by atoms with van der Waals surface area (Å²) in [4.78, 5) is 35.3. The topological polar surface area (TPSA) is 116 Å². The molecule has 0 saturated heterocycles. The van der Waals surface area contributed by atoms with E-state index in [1.54, 1.807) is 35.5 Å². The number of aliphatic hydroxyl groups is 1. The predicted molar refractivity (Wildman–Crippen MR) is 176 cm³/mol. The highest BCUT2D eigenvalue weighted by Gasteiger charge is 2.30. The van der Waals surface area contributed by atoms with Gasteiger partial charge in [-0.15, -0.1) is 0 Å². The van der Waals surface area contributed by atoms with Gasteiger partial charge in [0.1, 0.15) is 5.75 Å². The van der Waals surface area contributed by atoms with Gasteiger partial charge >= 0.3 is 6.03 Å². The zero-order chi connectivity index (χ0) is 32.2. The van der Waals surface area contributed by atoms with Crippen LogP contribution in [0.1, 0.15) is 88.1 Å². The Morgan fingerprint density at radius 3 is 2.56 bits per heavy atom. The number of amides is 3. The van der Waals surface area contributed by atoms with Gasteiger partial charge in [-0.3, -0.25) is 14.7 Å². The van der Waals surface area contributed by atoms with Gasteiger partial charge in [0.25, 0.3) is 5.91 Å². The van der Waals surface area contributed by atoms with Gasteiger partial charge in [-0.2, -0.15) is 0 Å². The molecule has 45 heavy (non-hydrogen) atoms. The number of carbonyl (C=O) groups is 2. The second-order valence-corrected chi connectivity index (χ2v) is 13.0. The SMILES string of the molecule is C[C@@H]1CN([C@H](C)CO)C(=O)c2cc(NC(=O)NC3CCCCC3)ccc2O[C@@H](C)CCCCO[C@H]1CN(C)Cc1ccncc1. The van der Waals surface area contributed by atoms with E-state index >= 15 is 0 Å². The molecule has 1 aliphatic carbocycles. The van der Waals surface area contributed by atoms with Crippen LogP contribution in [-0.4, -0.2) is 89.5 Å². The molecule has 1 aromatic carbocycles. The quantitative estimate of drug-likeness (QED) is 0.358. The number of pyridine rings is 1. The van der Waals surface area contributed by atoms with Gasteiger partial charge in [0.2, 0.25) is 0 Å². The Labute approximate surface area is 268 Å². The molecule has 2 heterocycles. The van der Waals surface area contributed by atoms with Gasteiger partial charge in [-0.25, -0.2) is 4.79 Å². The summed E-state index contributed by atoms with van der Waals surface area (Å²) >= 11 is 0. The number of rotatable bonds is 8.